The Labute approximate surface area is 135 Å². The van der Waals surface area contributed by atoms with Crippen LogP contribution in [-0.4, -0.2) is 40.6 Å². The molecule has 0 saturated heterocycles. The summed E-state index contributed by atoms with van der Waals surface area (Å²) in [5, 5.41) is 5.89. The molecule has 2 N–H and O–H groups in total. The van der Waals surface area contributed by atoms with E-state index in [-0.39, 0.29) is 11.9 Å². The molecule has 6 nitrogen and oxygen atoms in total. The lowest BCUT2D eigenvalue weighted by molar-refractivity contribution is -0.131. The van der Waals surface area contributed by atoms with E-state index in [9.17, 15) is 4.79 Å². The van der Waals surface area contributed by atoms with E-state index in [2.05, 4.69) is 26.1 Å². The lowest BCUT2D eigenvalue weighted by Gasteiger charge is -2.23. The van der Waals surface area contributed by atoms with Crippen molar-refractivity contribution in [3.05, 3.63) is 21.8 Å². The summed E-state index contributed by atoms with van der Waals surface area (Å²) in [7, 11) is 1.75. The number of hydrogen-bond acceptors (Lipinski definition) is 6. The van der Waals surface area contributed by atoms with Gasteiger partial charge in [-0.3, -0.25) is 4.79 Å². The van der Waals surface area contributed by atoms with Gasteiger partial charge in [0.1, 0.15) is 0 Å². The summed E-state index contributed by atoms with van der Waals surface area (Å²) < 4.78 is 6.17. The smallest absolute Gasteiger partial charge is 0.227 e. The van der Waals surface area contributed by atoms with Gasteiger partial charge in [0.25, 0.3) is 0 Å². The maximum atomic E-state index is 12.0. The van der Waals surface area contributed by atoms with Crippen LogP contribution in [0.1, 0.15) is 19.2 Å². The Morgan fingerprint density at radius 1 is 1.62 bits per heavy atom. The zero-order chi connectivity index (χ0) is 15.4. The zero-order valence-electron chi connectivity index (χ0n) is 11.9. The van der Waals surface area contributed by atoms with E-state index in [4.69, 9.17) is 10.3 Å². The Morgan fingerprint density at radius 2 is 2.38 bits per heavy atom. The summed E-state index contributed by atoms with van der Waals surface area (Å²) in [5.74, 6) is 1.04. The summed E-state index contributed by atoms with van der Waals surface area (Å²) in [6, 6.07) is 1.96. The highest BCUT2D eigenvalue weighted by molar-refractivity contribution is 9.10. The van der Waals surface area contributed by atoms with Crippen molar-refractivity contribution in [1.29, 1.82) is 0 Å². The van der Waals surface area contributed by atoms with Crippen LogP contribution in [0.3, 0.4) is 0 Å². The maximum Gasteiger partial charge on any atom is 0.227 e. The Balaban J connectivity index is 1.93. The Morgan fingerprint density at radius 3 is 3.00 bits per heavy atom. The average Bonchev–Trinajstić information content (AvgIpc) is 3.11. The first-order chi connectivity index (χ1) is 10.0. The monoisotopic (exact) mass is 372 g/mol. The van der Waals surface area contributed by atoms with E-state index in [1.54, 1.807) is 11.9 Å². The van der Waals surface area contributed by atoms with E-state index in [1.807, 2.05) is 18.4 Å². The van der Waals surface area contributed by atoms with Crippen molar-refractivity contribution >= 4 is 33.2 Å². The molecule has 0 aliphatic carbocycles. The van der Waals surface area contributed by atoms with Crippen LogP contribution in [0.25, 0.3) is 10.7 Å². The van der Waals surface area contributed by atoms with E-state index >= 15 is 0 Å². The van der Waals surface area contributed by atoms with Gasteiger partial charge in [-0.05, 0) is 28.9 Å². The minimum absolute atomic E-state index is 0.0200. The summed E-state index contributed by atoms with van der Waals surface area (Å²) in [5.41, 5.74) is 5.55. The molecule has 0 saturated carbocycles. The molecule has 0 fully saturated rings. The van der Waals surface area contributed by atoms with Gasteiger partial charge in [-0.1, -0.05) is 5.16 Å². The van der Waals surface area contributed by atoms with Gasteiger partial charge in [0.05, 0.1) is 4.88 Å². The van der Waals surface area contributed by atoms with Crippen LogP contribution in [0.15, 0.2) is 20.4 Å². The van der Waals surface area contributed by atoms with Gasteiger partial charge in [-0.2, -0.15) is 4.98 Å². The molecular formula is C13H17BrN4O2S. The van der Waals surface area contributed by atoms with Gasteiger partial charge in [-0.25, -0.2) is 0 Å². The predicted octanol–water partition coefficient (Wildman–Crippen LogP) is 2.30. The number of nitrogens with zero attached hydrogens (tertiary/aromatic N) is 3. The number of thiophene rings is 1. The highest BCUT2D eigenvalue weighted by atomic mass is 79.9. The Hall–Kier alpha value is -1.25. The molecule has 2 aromatic rings. The molecule has 0 aliphatic rings. The number of halogens is 1. The molecule has 1 atom stereocenters. The van der Waals surface area contributed by atoms with Crippen molar-refractivity contribution < 1.29 is 9.32 Å². The summed E-state index contributed by atoms with van der Waals surface area (Å²) in [4.78, 5) is 18.9. The highest BCUT2D eigenvalue weighted by Gasteiger charge is 2.16. The Kier molecular flexibility index (Phi) is 5.49. The molecule has 2 heterocycles. The van der Waals surface area contributed by atoms with Crippen molar-refractivity contribution in [3.63, 3.8) is 0 Å². The zero-order valence-corrected chi connectivity index (χ0v) is 14.3. The highest BCUT2D eigenvalue weighted by Crippen LogP contribution is 2.27. The van der Waals surface area contributed by atoms with Crippen molar-refractivity contribution in [1.82, 2.24) is 15.0 Å². The van der Waals surface area contributed by atoms with Crippen LogP contribution < -0.4 is 5.73 Å². The molecule has 2 aromatic heterocycles. The third kappa shape index (κ3) is 4.12. The van der Waals surface area contributed by atoms with Gasteiger partial charge in [-0.15, -0.1) is 11.3 Å². The Bertz CT molecular complexity index is 613. The van der Waals surface area contributed by atoms with Crippen molar-refractivity contribution in [2.24, 2.45) is 5.73 Å². The fraction of sp³-hybridized carbons (Fsp3) is 0.462. The first-order valence-electron chi connectivity index (χ1n) is 6.54. The molecule has 0 bridgehead atoms. The molecule has 21 heavy (non-hydrogen) atoms. The molecule has 0 aromatic carbocycles. The minimum Gasteiger partial charge on any atom is -0.342 e. The number of aryl methyl sites for hydroxylation is 1. The van der Waals surface area contributed by atoms with Gasteiger partial charge in [0, 0.05) is 42.3 Å². The fourth-order valence-electron chi connectivity index (χ4n) is 1.68. The first kappa shape index (κ1) is 16.1. The maximum absolute atomic E-state index is 12.0. The van der Waals surface area contributed by atoms with Crippen LogP contribution in [0.5, 0.6) is 0 Å². The fourth-order valence-corrected chi connectivity index (χ4v) is 3.03. The molecule has 1 unspecified atom stereocenters. The van der Waals surface area contributed by atoms with Gasteiger partial charge >= 0.3 is 0 Å². The van der Waals surface area contributed by atoms with Crippen molar-refractivity contribution in [3.8, 4) is 10.7 Å². The van der Waals surface area contributed by atoms with E-state index < -0.39 is 0 Å². The van der Waals surface area contributed by atoms with Crippen LogP contribution >= 0.6 is 27.3 Å². The summed E-state index contributed by atoms with van der Waals surface area (Å²) >= 11 is 4.92. The number of amides is 1. The second-order valence-electron chi connectivity index (χ2n) is 4.73. The van der Waals surface area contributed by atoms with Crippen LogP contribution in [0.2, 0.25) is 0 Å². The van der Waals surface area contributed by atoms with Crippen molar-refractivity contribution in [2.45, 2.75) is 25.8 Å². The van der Waals surface area contributed by atoms with Gasteiger partial charge in [0.15, 0.2) is 0 Å². The topological polar surface area (TPSA) is 85.2 Å². The number of hydrogen-bond donors (Lipinski definition) is 1. The van der Waals surface area contributed by atoms with Gasteiger partial charge < -0.3 is 15.2 Å². The number of nitrogens with two attached hydrogens (primary N) is 1. The third-order valence-electron chi connectivity index (χ3n) is 3.20. The number of carbonyl (C=O) groups excluding carboxylic acids is 1. The minimum atomic E-state index is 0.0200. The van der Waals surface area contributed by atoms with Crippen LogP contribution in [0.4, 0.5) is 0 Å². The van der Waals surface area contributed by atoms with E-state index in [0.29, 0.717) is 31.1 Å². The van der Waals surface area contributed by atoms with E-state index in [1.165, 1.54) is 11.3 Å². The lowest BCUT2D eigenvalue weighted by Crippen LogP contribution is -2.39. The second kappa shape index (κ2) is 7.15. The first-order valence-corrected chi connectivity index (χ1v) is 8.21. The molecule has 8 heteroatoms. The second-order valence-corrected chi connectivity index (χ2v) is 6.56. The number of carbonyl (C=O) groups is 1. The van der Waals surface area contributed by atoms with Crippen LogP contribution in [-0.2, 0) is 11.2 Å². The van der Waals surface area contributed by atoms with E-state index in [0.717, 1.165) is 9.35 Å². The predicted molar refractivity (Wildman–Crippen MR) is 84.9 cm³/mol. The number of rotatable bonds is 6. The SMILES string of the molecule is CC(CN)N(C)C(=O)CCc1nc(-c2cc(Br)cs2)no1. The number of likely N-dealkylation sites (N-methyl/N-ethyl adjacent to an activating group) is 1. The summed E-state index contributed by atoms with van der Waals surface area (Å²) in [6.45, 7) is 2.36. The molecule has 2 rings (SSSR count). The third-order valence-corrected chi connectivity index (χ3v) is 4.89. The standard InChI is InChI=1S/C13H17BrN4O2S/c1-8(6-15)18(2)12(19)4-3-11-16-13(17-20-11)10-5-9(14)7-21-10/h5,7-8H,3-4,6,15H2,1-2H3. The quantitative estimate of drug-likeness (QED) is 0.840. The number of aromatic nitrogens is 2. The molecule has 114 valence electrons. The molecule has 1 amide bonds. The van der Waals surface area contributed by atoms with Gasteiger partial charge in [0.2, 0.25) is 17.6 Å². The van der Waals surface area contributed by atoms with Crippen LogP contribution in [0, 0.1) is 0 Å². The normalized spacial score (nSPS) is 12.4. The molecule has 0 radical (unpaired) electrons. The largest absolute Gasteiger partial charge is 0.342 e. The van der Waals surface area contributed by atoms with Crippen molar-refractivity contribution in [2.75, 3.05) is 13.6 Å². The molecule has 0 spiro atoms. The molecular weight excluding hydrogens is 356 g/mol. The lowest BCUT2D eigenvalue weighted by atomic mass is 10.2. The summed E-state index contributed by atoms with van der Waals surface area (Å²) in [6.07, 6.45) is 0.761. The average molecular weight is 373 g/mol. The molecule has 0 aliphatic heterocycles.